The number of imidazole rings is 1. The zero-order chi connectivity index (χ0) is 16.9. The molecule has 0 radical (unpaired) electrons. The van der Waals surface area contributed by atoms with Gasteiger partial charge in [0.2, 0.25) is 0 Å². The minimum absolute atomic E-state index is 0.193. The van der Waals surface area contributed by atoms with Crippen molar-refractivity contribution in [2.75, 3.05) is 19.6 Å². The molecule has 1 aromatic rings. The summed E-state index contributed by atoms with van der Waals surface area (Å²) in [7, 11) is 0. The highest BCUT2D eigenvalue weighted by molar-refractivity contribution is 5.68. The topological polar surface area (TPSA) is 59.4 Å². The number of rotatable bonds is 6. The van der Waals surface area contributed by atoms with Crippen molar-refractivity contribution in [2.24, 2.45) is 5.92 Å². The zero-order valence-corrected chi connectivity index (χ0v) is 14.8. The molecule has 6 heteroatoms. The van der Waals surface area contributed by atoms with Gasteiger partial charge < -0.3 is 19.5 Å². The molecule has 2 rings (SSSR count). The van der Waals surface area contributed by atoms with Gasteiger partial charge in [0, 0.05) is 38.9 Å². The molecule has 1 aliphatic rings. The van der Waals surface area contributed by atoms with Crippen molar-refractivity contribution >= 4 is 6.09 Å². The van der Waals surface area contributed by atoms with Gasteiger partial charge in [-0.1, -0.05) is 6.92 Å². The predicted molar refractivity (Wildman–Crippen MR) is 90.1 cm³/mol. The number of hydrogen-bond donors (Lipinski definition) is 1. The van der Waals surface area contributed by atoms with Gasteiger partial charge in [0.15, 0.2) is 0 Å². The summed E-state index contributed by atoms with van der Waals surface area (Å²) in [6.07, 6.45) is 5.75. The third-order valence-electron chi connectivity index (χ3n) is 3.94. The summed E-state index contributed by atoms with van der Waals surface area (Å²) >= 11 is 0. The molecule has 0 bridgehead atoms. The molecule has 0 aromatic carbocycles. The van der Waals surface area contributed by atoms with Crippen molar-refractivity contribution in [2.45, 2.75) is 59.2 Å². The molecule has 1 N–H and O–H groups in total. The van der Waals surface area contributed by atoms with Gasteiger partial charge in [-0.05, 0) is 39.5 Å². The van der Waals surface area contributed by atoms with Crippen LogP contribution in [-0.4, -0.2) is 45.8 Å². The van der Waals surface area contributed by atoms with Crippen LogP contribution in [-0.2, 0) is 17.8 Å². The summed E-state index contributed by atoms with van der Waals surface area (Å²) < 4.78 is 7.62. The van der Waals surface area contributed by atoms with Gasteiger partial charge in [-0.2, -0.15) is 0 Å². The molecular weight excluding hydrogens is 292 g/mol. The number of aryl methyl sites for hydroxylation is 1. The molecule has 1 atom stereocenters. The molecule has 1 amide bonds. The minimum Gasteiger partial charge on any atom is -0.444 e. The van der Waals surface area contributed by atoms with Crippen LogP contribution >= 0.6 is 0 Å². The minimum atomic E-state index is -0.425. The molecule has 1 aliphatic heterocycles. The fourth-order valence-corrected chi connectivity index (χ4v) is 2.83. The molecule has 23 heavy (non-hydrogen) atoms. The maximum atomic E-state index is 12.1. The lowest BCUT2D eigenvalue weighted by molar-refractivity contribution is 0.0288. The van der Waals surface area contributed by atoms with Crippen LogP contribution in [0.5, 0.6) is 0 Å². The number of ether oxygens (including phenoxy) is 1. The van der Waals surface area contributed by atoms with Gasteiger partial charge in [0.05, 0.1) is 12.0 Å². The average molecular weight is 322 g/mol. The monoisotopic (exact) mass is 322 g/mol. The maximum absolute atomic E-state index is 12.1. The zero-order valence-electron chi connectivity index (χ0n) is 14.8. The highest BCUT2D eigenvalue weighted by Crippen LogP contribution is 2.19. The van der Waals surface area contributed by atoms with Crippen LogP contribution in [0.1, 0.15) is 46.2 Å². The maximum Gasteiger partial charge on any atom is 0.410 e. The molecule has 0 spiro atoms. The Morgan fingerprint density at radius 3 is 2.96 bits per heavy atom. The lowest BCUT2D eigenvalue weighted by Crippen LogP contribution is -2.36. The Labute approximate surface area is 139 Å². The molecule has 0 aliphatic carbocycles. The molecule has 1 saturated heterocycles. The van der Waals surface area contributed by atoms with E-state index in [4.69, 9.17) is 4.74 Å². The number of carbonyl (C=O) groups is 1. The molecule has 2 heterocycles. The Balaban J connectivity index is 1.71. The number of carbonyl (C=O) groups excluding carboxylic acids is 1. The molecule has 1 fully saturated rings. The average Bonchev–Trinajstić information content (AvgIpc) is 3.07. The van der Waals surface area contributed by atoms with Crippen molar-refractivity contribution in [1.82, 2.24) is 19.8 Å². The Hall–Kier alpha value is -1.56. The van der Waals surface area contributed by atoms with Crippen LogP contribution in [0.3, 0.4) is 0 Å². The first-order chi connectivity index (χ1) is 10.9. The first kappa shape index (κ1) is 17.8. The number of hydrogen-bond acceptors (Lipinski definition) is 4. The van der Waals surface area contributed by atoms with E-state index in [1.807, 2.05) is 38.2 Å². The second-order valence-corrected chi connectivity index (χ2v) is 7.29. The summed E-state index contributed by atoms with van der Waals surface area (Å²) in [6.45, 7) is 12.2. The third-order valence-corrected chi connectivity index (χ3v) is 3.94. The van der Waals surface area contributed by atoms with Crippen LogP contribution in [0.15, 0.2) is 12.5 Å². The lowest BCUT2D eigenvalue weighted by Gasteiger charge is -2.24. The summed E-state index contributed by atoms with van der Waals surface area (Å²) in [5, 5.41) is 3.50. The van der Waals surface area contributed by atoms with Crippen LogP contribution < -0.4 is 5.32 Å². The smallest absolute Gasteiger partial charge is 0.410 e. The van der Waals surface area contributed by atoms with E-state index >= 15 is 0 Å². The van der Waals surface area contributed by atoms with Gasteiger partial charge in [0.1, 0.15) is 5.60 Å². The van der Waals surface area contributed by atoms with Gasteiger partial charge in [-0.15, -0.1) is 0 Å². The summed E-state index contributed by atoms with van der Waals surface area (Å²) in [5.74, 6) is 0.491. The van der Waals surface area contributed by atoms with Gasteiger partial charge in [-0.3, -0.25) is 0 Å². The first-order valence-electron chi connectivity index (χ1n) is 8.56. The quantitative estimate of drug-likeness (QED) is 0.875. The van der Waals surface area contributed by atoms with Crippen molar-refractivity contribution in [3.8, 4) is 0 Å². The Kier molecular flexibility index (Phi) is 6.04. The number of aromatic nitrogens is 2. The Morgan fingerprint density at radius 2 is 2.26 bits per heavy atom. The third kappa shape index (κ3) is 5.53. The van der Waals surface area contributed by atoms with Crippen molar-refractivity contribution < 1.29 is 9.53 Å². The summed E-state index contributed by atoms with van der Waals surface area (Å²) in [4.78, 5) is 18.1. The van der Waals surface area contributed by atoms with Crippen molar-refractivity contribution in [3.05, 3.63) is 18.2 Å². The molecule has 1 aromatic heterocycles. The normalized spacial score (nSPS) is 18.4. The van der Waals surface area contributed by atoms with E-state index in [0.717, 1.165) is 45.6 Å². The van der Waals surface area contributed by atoms with Crippen LogP contribution in [0.2, 0.25) is 0 Å². The first-order valence-corrected chi connectivity index (χ1v) is 8.56. The van der Waals surface area contributed by atoms with E-state index in [0.29, 0.717) is 5.92 Å². The second kappa shape index (κ2) is 7.81. The van der Waals surface area contributed by atoms with E-state index in [1.165, 1.54) is 5.69 Å². The van der Waals surface area contributed by atoms with Crippen LogP contribution in [0, 0.1) is 5.92 Å². The van der Waals surface area contributed by atoms with Crippen LogP contribution in [0.4, 0.5) is 4.79 Å². The van der Waals surface area contributed by atoms with Crippen LogP contribution in [0.25, 0.3) is 0 Å². The predicted octanol–water partition coefficient (Wildman–Crippen LogP) is 2.64. The van der Waals surface area contributed by atoms with E-state index in [-0.39, 0.29) is 6.09 Å². The molecule has 1 unspecified atom stereocenters. The lowest BCUT2D eigenvalue weighted by atomic mass is 10.1. The number of nitrogens with zero attached hydrogens (tertiary/aromatic N) is 3. The SMILES string of the molecule is CCCn1cncc1CNCC1CCN(C(=O)OC(C)(C)C)C1. The van der Waals surface area contributed by atoms with Gasteiger partial charge in [-0.25, -0.2) is 9.78 Å². The summed E-state index contributed by atoms with van der Waals surface area (Å²) in [5.41, 5.74) is 0.791. The standard InChI is InChI=1S/C17H30N4O2/c1-5-7-21-13-19-11-15(21)10-18-9-14-6-8-20(12-14)16(22)23-17(2,3)4/h11,13-14,18H,5-10,12H2,1-4H3. The molecule has 0 saturated carbocycles. The van der Waals surface area contributed by atoms with E-state index in [1.54, 1.807) is 0 Å². The summed E-state index contributed by atoms with van der Waals surface area (Å²) in [6, 6.07) is 0. The largest absolute Gasteiger partial charge is 0.444 e. The number of nitrogens with one attached hydrogen (secondary N) is 1. The van der Waals surface area contributed by atoms with Gasteiger partial charge in [0.25, 0.3) is 0 Å². The van der Waals surface area contributed by atoms with E-state index in [9.17, 15) is 4.79 Å². The molecule has 130 valence electrons. The highest BCUT2D eigenvalue weighted by Gasteiger charge is 2.29. The Morgan fingerprint density at radius 1 is 1.48 bits per heavy atom. The number of amides is 1. The molecule has 6 nitrogen and oxygen atoms in total. The van der Waals surface area contributed by atoms with Crippen molar-refractivity contribution in [3.63, 3.8) is 0 Å². The fraction of sp³-hybridized carbons (Fsp3) is 0.765. The van der Waals surface area contributed by atoms with Crippen molar-refractivity contribution in [1.29, 1.82) is 0 Å². The fourth-order valence-electron chi connectivity index (χ4n) is 2.83. The number of likely N-dealkylation sites (tertiary alicyclic amines) is 1. The second-order valence-electron chi connectivity index (χ2n) is 7.29. The van der Waals surface area contributed by atoms with Gasteiger partial charge >= 0.3 is 6.09 Å². The van der Waals surface area contributed by atoms with E-state index in [2.05, 4.69) is 21.8 Å². The Bertz CT molecular complexity index is 507. The molecular formula is C17H30N4O2. The highest BCUT2D eigenvalue weighted by atomic mass is 16.6. The van der Waals surface area contributed by atoms with E-state index < -0.39 is 5.60 Å².